The van der Waals surface area contributed by atoms with Crippen molar-refractivity contribution in [2.24, 2.45) is 0 Å². The van der Waals surface area contributed by atoms with Crippen molar-refractivity contribution >= 4 is 5.97 Å². The van der Waals surface area contributed by atoms with Crippen LogP contribution in [-0.4, -0.2) is 21.2 Å². The number of phenols is 1. The highest BCUT2D eigenvalue weighted by Gasteiger charge is 2.12. The number of hydrogen-bond donors (Lipinski definition) is 2. The van der Waals surface area contributed by atoms with E-state index in [1.165, 1.54) is 30.5 Å². The number of benzene rings is 1. The number of aromatic carboxylic acids is 1. The summed E-state index contributed by atoms with van der Waals surface area (Å²) in [7, 11) is 0. The van der Waals surface area contributed by atoms with Crippen LogP contribution in [0.4, 0.5) is 0 Å². The first kappa shape index (κ1) is 10.9. The fourth-order valence-electron chi connectivity index (χ4n) is 1.29. The summed E-state index contributed by atoms with van der Waals surface area (Å²) in [6, 6.07) is 8.96. The van der Waals surface area contributed by atoms with Gasteiger partial charge >= 0.3 is 5.97 Å². The molecule has 86 valence electrons. The lowest BCUT2D eigenvalue weighted by molar-refractivity contribution is 0.0693. The van der Waals surface area contributed by atoms with E-state index in [-0.39, 0.29) is 17.2 Å². The number of pyridine rings is 1. The van der Waals surface area contributed by atoms with E-state index in [1.807, 2.05) is 0 Å². The van der Waals surface area contributed by atoms with Crippen LogP contribution in [0.25, 0.3) is 0 Å². The molecule has 0 spiro atoms. The molecule has 0 fully saturated rings. The van der Waals surface area contributed by atoms with Gasteiger partial charge in [0, 0.05) is 12.3 Å². The van der Waals surface area contributed by atoms with Crippen LogP contribution in [0.1, 0.15) is 10.4 Å². The van der Waals surface area contributed by atoms with Crippen molar-refractivity contribution in [3.8, 4) is 17.4 Å². The van der Waals surface area contributed by atoms with Crippen LogP contribution in [0.2, 0.25) is 0 Å². The van der Waals surface area contributed by atoms with Crippen LogP contribution in [0.15, 0.2) is 42.6 Å². The van der Waals surface area contributed by atoms with Crippen LogP contribution in [0.3, 0.4) is 0 Å². The first-order chi connectivity index (χ1) is 8.16. The minimum atomic E-state index is -1.12. The summed E-state index contributed by atoms with van der Waals surface area (Å²) in [6.45, 7) is 0. The highest BCUT2D eigenvalue weighted by atomic mass is 16.5. The Morgan fingerprint density at radius 3 is 2.76 bits per heavy atom. The standard InChI is InChI=1S/C12H9NO4/c14-8-3-1-4-9(7-8)17-11-10(12(15)16)5-2-6-13-11/h1-7,14H,(H,15,16). The van der Waals surface area contributed by atoms with Gasteiger partial charge in [-0.1, -0.05) is 6.07 Å². The number of rotatable bonds is 3. The maximum Gasteiger partial charge on any atom is 0.341 e. The molecule has 2 N–H and O–H groups in total. The molecule has 1 heterocycles. The lowest BCUT2D eigenvalue weighted by Crippen LogP contribution is -2.01. The molecule has 5 heteroatoms. The molecule has 0 unspecified atom stereocenters. The second-order valence-electron chi connectivity index (χ2n) is 3.26. The molecule has 1 aromatic heterocycles. The van der Waals surface area contributed by atoms with Gasteiger partial charge in [-0.2, -0.15) is 0 Å². The van der Waals surface area contributed by atoms with Crippen LogP contribution in [0.5, 0.6) is 17.4 Å². The molecule has 0 amide bonds. The number of aromatic nitrogens is 1. The number of ether oxygens (including phenoxy) is 1. The zero-order valence-electron chi connectivity index (χ0n) is 8.70. The van der Waals surface area contributed by atoms with Gasteiger partial charge in [0.15, 0.2) is 0 Å². The van der Waals surface area contributed by atoms with Gasteiger partial charge in [0.05, 0.1) is 0 Å². The number of carbonyl (C=O) groups is 1. The monoisotopic (exact) mass is 231 g/mol. The third-order valence-electron chi connectivity index (χ3n) is 2.03. The van der Waals surface area contributed by atoms with E-state index < -0.39 is 5.97 Å². The van der Waals surface area contributed by atoms with Gasteiger partial charge in [-0.25, -0.2) is 9.78 Å². The second-order valence-corrected chi connectivity index (χ2v) is 3.26. The van der Waals surface area contributed by atoms with Gasteiger partial charge in [-0.05, 0) is 24.3 Å². The van der Waals surface area contributed by atoms with E-state index >= 15 is 0 Å². The zero-order valence-corrected chi connectivity index (χ0v) is 8.70. The largest absolute Gasteiger partial charge is 0.508 e. The van der Waals surface area contributed by atoms with Crippen molar-refractivity contribution in [3.05, 3.63) is 48.2 Å². The van der Waals surface area contributed by atoms with Crippen molar-refractivity contribution in [2.45, 2.75) is 0 Å². The Morgan fingerprint density at radius 2 is 2.06 bits per heavy atom. The van der Waals surface area contributed by atoms with Gasteiger partial charge < -0.3 is 14.9 Å². The van der Waals surface area contributed by atoms with E-state index in [4.69, 9.17) is 9.84 Å². The van der Waals surface area contributed by atoms with Crippen molar-refractivity contribution in [2.75, 3.05) is 0 Å². The molecule has 2 aromatic rings. The Labute approximate surface area is 96.9 Å². The number of phenolic OH excluding ortho intramolecular Hbond substituents is 1. The Bertz CT molecular complexity index is 554. The van der Waals surface area contributed by atoms with Crippen molar-refractivity contribution in [1.29, 1.82) is 0 Å². The number of hydrogen-bond acceptors (Lipinski definition) is 4. The Balaban J connectivity index is 2.33. The smallest absolute Gasteiger partial charge is 0.341 e. The summed E-state index contributed by atoms with van der Waals surface area (Å²) in [4.78, 5) is 14.7. The fraction of sp³-hybridized carbons (Fsp3) is 0. The maximum absolute atomic E-state index is 10.9. The number of aromatic hydroxyl groups is 1. The molecule has 0 aliphatic heterocycles. The number of carboxylic acids is 1. The molecule has 0 radical (unpaired) electrons. The van der Waals surface area contributed by atoms with E-state index in [2.05, 4.69) is 4.98 Å². The topological polar surface area (TPSA) is 79.7 Å². The summed E-state index contributed by atoms with van der Waals surface area (Å²) in [5.41, 5.74) is -0.0316. The molecule has 0 aliphatic carbocycles. The van der Waals surface area contributed by atoms with Gasteiger partial charge in [-0.15, -0.1) is 0 Å². The van der Waals surface area contributed by atoms with Gasteiger partial charge in [-0.3, -0.25) is 0 Å². The molecule has 0 atom stereocenters. The molecule has 0 aliphatic rings. The predicted octanol–water partition coefficient (Wildman–Crippen LogP) is 2.28. The van der Waals surface area contributed by atoms with Crippen LogP contribution >= 0.6 is 0 Å². The Morgan fingerprint density at radius 1 is 1.24 bits per heavy atom. The summed E-state index contributed by atoms with van der Waals surface area (Å²) in [5.74, 6) is -0.764. The first-order valence-corrected chi connectivity index (χ1v) is 4.82. The molecule has 1 aromatic carbocycles. The average Bonchev–Trinajstić information content (AvgIpc) is 2.29. The first-order valence-electron chi connectivity index (χ1n) is 4.82. The molecule has 5 nitrogen and oxygen atoms in total. The number of carboxylic acid groups (broad SMARTS) is 1. The molecule has 17 heavy (non-hydrogen) atoms. The lowest BCUT2D eigenvalue weighted by atomic mass is 10.3. The predicted molar refractivity (Wildman–Crippen MR) is 59.4 cm³/mol. The highest BCUT2D eigenvalue weighted by Crippen LogP contribution is 2.25. The average molecular weight is 231 g/mol. The third-order valence-corrected chi connectivity index (χ3v) is 2.03. The van der Waals surface area contributed by atoms with Crippen LogP contribution in [0, 0.1) is 0 Å². The molecule has 0 saturated carbocycles. The zero-order chi connectivity index (χ0) is 12.3. The van der Waals surface area contributed by atoms with Crippen LogP contribution in [-0.2, 0) is 0 Å². The minimum absolute atomic E-state index is 0.00870. The quantitative estimate of drug-likeness (QED) is 0.847. The fourth-order valence-corrected chi connectivity index (χ4v) is 1.29. The lowest BCUT2D eigenvalue weighted by Gasteiger charge is -2.06. The molecule has 0 saturated heterocycles. The maximum atomic E-state index is 10.9. The van der Waals surface area contributed by atoms with E-state index in [9.17, 15) is 9.90 Å². The third kappa shape index (κ3) is 2.52. The minimum Gasteiger partial charge on any atom is -0.508 e. The van der Waals surface area contributed by atoms with Crippen molar-refractivity contribution in [1.82, 2.24) is 4.98 Å². The van der Waals surface area contributed by atoms with Crippen LogP contribution < -0.4 is 4.74 Å². The SMILES string of the molecule is O=C(O)c1cccnc1Oc1cccc(O)c1. The molecule has 2 rings (SSSR count). The van der Waals surface area contributed by atoms with Crippen molar-refractivity contribution < 1.29 is 19.7 Å². The van der Waals surface area contributed by atoms with Gasteiger partial charge in [0.1, 0.15) is 17.1 Å². The summed E-state index contributed by atoms with van der Waals surface area (Å²) in [5, 5.41) is 18.2. The summed E-state index contributed by atoms with van der Waals surface area (Å²) in [6.07, 6.45) is 1.44. The number of nitrogens with zero attached hydrogens (tertiary/aromatic N) is 1. The molecule has 0 bridgehead atoms. The summed E-state index contributed by atoms with van der Waals surface area (Å²) >= 11 is 0. The van der Waals surface area contributed by atoms with E-state index in [0.717, 1.165) is 0 Å². The summed E-state index contributed by atoms with van der Waals surface area (Å²) < 4.78 is 5.30. The Kier molecular flexibility index (Phi) is 2.91. The molecular formula is C12H9NO4. The highest BCUT2D eigenvalue weighted by molar-refractivity contribution is 5.90. The normalized spacial score (nSPS) is 9.88. The molecular weight excluding hydrogens is 222 g/mol. The van der Waals surface area contributed by atoms with Gasteiger partial charge in [0.2, 0.25) is 5.88 Å². The van der Waals surface area contributed by atoms with E-state index in [1.54, 1.807) is 12.1 Å². The van der Waals surface area contributed by atoms with Gasteiger partial charge in [0.25, 0.3) is 0 Å². The van der Waals surface area contributed by atoms with Crippen molar-refractivity contribution in [3.63, 3.8) is 0 Å². The Hall–Kier alpha value is -2.56. The second kappa shape index (κ2) is 4.52. The van der Waals surface area contributed by atoms with E-state index in [0.29, 0.717) is 5.75 Å².